The van der Waals surface area contributed by atoms with Crippen LogP contribution in [0.3, 0.4) is 0 Å². The van der Waals surface area contributed by atoms with Gasteiger partial charge in [-0.05, 0) is 19.1 Å². The summed E-state index contributed by atoms with van der Waals surface area (Å²) >= 11 is 4.82. The van der Waals surface area contributed by atoms with Gasteiger partial charge in [0.15, 0.2) is 11.4 Å². The third-order valence-electron chi connectivity index (χ3n) is 1.27. The highest BCUT2D eigenvalue weighted by molar-refractivity contribution is 7.80. The maximum Gasteiger partial charge on any atom is 0.413 e. The molecule has 1 unspecified atom stereocenters. The summed E-state index contributed by atoms with van der Waals surface area (Å²) in [6.07, 6.45) is 0.523. The van der Waals surface area contributed by atoms with Gasteiger partial charge in [0.1, 0.15) is 6.34 Å². The number of carbonyl (C=O) groups is 1. The normalized spacial score (nSPS) is 18.5. The highest BCUT2D eigenvalue weighted by Gasteiger charge is 2.11. The Bertz CT molecular complexity index is 257. The summed E-state index contributed by atoms with van der Waals surface area (Å²) in [6, 6.07) is 0. The van der Waals surface area contributed by atoms with Crippen molar-refractivity contribution in [3.63, 3.8) is 0 Å². The van der Waals surface area contributed by atoms with Gasteiger partial charge in [0, 0.05) is 0 Å². The van der Waals surface area contributed by atoms with E-state index in [9.17, 15) is 4.79 Å². The van der Waals surface area contributed by atoms with Crippen molar-refractivity contribution in [3.8, 4) is 0 Å². The van der Waals surface area contributed by atoms with Gasteiger partial charge < -0.3 is 15.5 Å². The number of carbonyl (C=O) groups excluding carboxylic acids is 1. The van der Waals surface area contributed by atoms with Crippen LogP contribution >= 0.6 is 12.2 Å². The van der Waals surface area contributed by atoms with Crippen molar-refractivity contribution < 1.29 is 9.53 Å². The fraction of sp³-hybridized carbons (Fsp3) is 0.500. The average molecular weight is 217 g/mol. The van der Waals surface area contributed by atoms with Gasteiger partial charge in [0.25, 0.3) is 0 Å². The summed E-state index contributed by atoms with van der Waals surface area (Å²) in [5.41, 5.74) is 5.38. The van der Waals surface area contributed by atoms with Crippen LogP contribution in [-0.4, -0.2) is 30.4 Å². The third kappa shape index (κ3) is 3.54. The first-order valence-corrected chi connectivity index (χ1v) is 4.40. The van der Waals surface area contributed by atoms with E-state index < -0.39 is 6.09 Å². The monoisotopic (exact) mass is 217 g/mol. The molecule has 0 aromatic rings. The van der Waals surface area contributed by atoms with Crippen LogP contribution in [0.1, 0.15) is 6.92 Å². The molecule has 0 fully saturated rings. The molecule has 0 aliphatic carbocycles. The fourth-order valence-corrected chi connectivity index (χ4v) is 0.954. The van der Waals surface area contributed by atoms with Gasteiger partial charge >= 0.3 is 6.09 Å². The molecule has 4 N–H and O–H groups in total. The predicted molar refractivity (Wildman–Crippen MR) is 54.4 cm³/mol. The molecule has 1 amide bonds. The van der Waals surface area contributed by atoms with Gasteiger partial charge in [-0.25, -0.2) is 9.79 Å². The second-order valence-corrected chi connectivity index (χ2v) is 2.70. The first-order chi connectivity index (χ1) is 6.72. The Morgan fingerprint density at radius 2 is 2.57 bits per heavy atom. The molecule has 0 radical (unpaired) electrons. The fourth-order valence-electron chi connectivity index (χ4n) is 0.759. The SMILES string of the molecule is CCOC(=O)NC(=S)NC1N=CNN1. The number of nitrogens with zero attached hydrogens (tertiary/aromatic N) is 1. The topological polar surface area (TPSA) is 86.8 Å². The minimum Gasteiger partial charge on any atom is -0.450 e. The Labute approximate surface area is 86.3 Å². The molecule has 1 rings (SSSR count). The number of aliphatic imine (C=N–C) groups is 1. The van der Waals surface area contributed by atoms with Crippen molar-refractivity contribution in [2.75, 3.05) is 6.61 Å². The molecule has 0 aromatic carbocycles. The largest absolute Gasteiger partial charge is 0.450 e. The molecule has 0 saturated heterocycles. The van der Waals surface area contributed by atoms with Gasteiger partial charge in [-0.3, -0.25) is 5.32 Å². The van der Waals surface area contributed by atoms with E-state index in [4.69, 9.17) is 12.2 Å². The van der Waals surface area contributed by atoms with Gasteiger partial charge in [0.2, 0.25) is 0 Å². The van der Waals surface area contributed by atoms with Crippen molar-refractivity contribution in [2.45, 2.75) is 13.2 Å². The van der Waals surface area contributed by atoms with E-state index in [0.717, 1.165) is 0 Å². The zero-order chi connectivity index (χ0) is 10.4. The summed E-state index contributed by atoms with van der Waals surface area (Å²) in [6.45, 7) is 2.01. The summed E-state index contributed by atoms with van der Waals surface area (Å²) in [4.78, 5) is 14.8. The molecule has 1 aliphatic rings. The van der Waals surface area contributed by atoms with Crippen molar-refractivity contribution >= 4 is 29.8 Å². The number of ether oxygens (including phenoxy) is 1. The number of nitrogens with one attached hydrogen (secondary N) is 4. The highest BCUT2D eigenvalue weighted by Crippen LogP contribution is 1.83. The quantitative estimate of drug-likeness (QED) is 0.445. The Morgan fingerprint density at radius 1 is 1.79 bits per heavy atom. The van der Waals surface area contributed by atoms with Crippen molar-refractivity contribution in [1.29, 1.82) is 0 Å². The van der Waals surface area contributed by atoms with Crippen LogP contribution in [0.15, 0.2) is 4.99 Å². The predicted octanol–water partition coefficient (Wildman–Crippen LogP) is -0.973. The van der Waals surface area contributed by atoms with E-state index in [0.29, 0.717) is 6.61 Å². The van der Waals surface area contributed by atoms with Gasteiger partial charge in [-0.2, -0.15) is 5.43 Å². The van der Waals surface area contributed by atoms with Crippen LogP contribution in [0.5, 0.6) is 0 Å². The van der Waals surface area contributed by atoms with Crippen molar-refractivity contribution in [1.82, 2.24) is 21.5 Å². The Kier molecular flexibility index (Phi) is 4.08. The lowest BCUT2D eigenvalue weighted by atomic mass is 10.8. The minimum atomic E-state index is -0.583. The van der Waals surface area contributed by atoms with Gasteiger partial charge in [-0.15, -0.1) is 0 Å². The van der Waals surface area contributed by atoms with Gasteiger partial charge in [-0.1, -0.05) is 0 Å². The Hall–Kier alpha value is -1.41. The number of thiocarbonyl (C=S) groups is 1. The van der Waals surface area contributed by atoms with Crippen molar-refractivity contribution in [2.24, 2.45) is 4.99 Å². The maximum absolute atomic E-state index is 10.9. The zero-order valence-corrected chi connectivity index (χ0v) is 8.35. The smallest absolute Gasteiger partial charge is 0.413 e. The lowest BCUT2D eigenvalue weighted by Crippen LogP contribution is -2.49. The molecule has 0 saturated carbocycles. The Morgan fingerprint density at radius 3 is 3.14 bits per heavy atom. The van der Waals surface area contributed by atoms with E-state index >= 15 is 0 Å². The summed E-state index contributed by atoms with van der Waals surface area (Å²) in [5.74, 6) is 0. The van der Waals surface area contributed by atoms with Crippen LogP contribution in [0.2, 0.25) is 0 Å². The van der Waals surface area contributed by atoms with Crippen LogP contribution < -0.4 is 21.5 Å². The average Bonchev–Trinajstić information content (AvgIpc) is 2.56. The lowest BCUT2D eigenvalue weighted by molar-refractivity contribution is 0.157. The highest BCUT2D eigenvalue weighted by atomic mass is 32.1. The molecule has 78 valence electrons. The maximum atomic E-state index is 10.9. The second kappa shape index (κ2) is 5.35. The number of alkyl carbamates (subject to hydrolysis) is 1. The third-order valence-corrected chi connectivity index (χ3v) is 1.49. The van der Waals surface area contributed by atoms with E-state index in [1.54, 1.807) is 6.92 Å². The summed E-state index contributed by atoms with van der Waals surface area (Å²) < 4.78 is 4.62. The number of amides is 1. The molecule has 8 heteroatoms. The van der Waals surface area contributed by atoms with Crippen LogP contribution in [0, 0.1) is 0 Å². The zero-order valence-electron chi connectivity index (χ0n) is 7.53. The number of hydrogen-bond donors (Lipinski definition) is 4. The summed E-state index contributed by atoms with van der Waals surface area (Å²) in [5, 5.41) is 5.20. The van der Waals surface area contributed by atoms with Crippen LogP contribution in [-0.2, 0) is 4.74 Å². The van der Waals surface area contributed by atoms with E-state index in [-0.39, 0.29) is 11.4 Å². The molecule has 0 bridgehead atoms. The van der Waals surface area contributed by atoms with E-state index in [2.05, 4.69) is 31.2 Å². The molecular formula is C6H11N5O2S. The Balaban J connectivity index is 2.21. The number of hydrazine groups is 1. The van der Waals surface area contributed by atoms with E-state index in [1.807, 2.05) is 0 Å². The van der Waals surface area contributed by atoms with Crippen LogP contribution in [0.25, 0.3) is 0 Å². The van der Waals surface area contributed by atoms with Crippen LogP contribution in [0.4, 0.5) is 4.79 Å². The molecular weight excluding hydrogens is 206 g/mol. The second-order valence-electron chi connectivity index (χ2n) is 2.29. The first kappa shape index (κ1) is 10.7. The molecule has 0 aromatic heterocycles. The van der Waals surface area contributed by atoms with Gasteiger partial charge in [0.05, 0.1) is 6.61 Å². The molecule has 1 aliphatic heterocycles. The van der Waals surface area contributed by atoms with E-state index in [1.165, 1.54) is 6.34 Å². The molecule has 14 heavy (non-hydrogen) atoms. The first-order valence-electron chi connectivity index (χ1n) is 3.99. The molecule has 1 atom stereocenters. The molecule has 0 spiro atoms. The minimum absolute atomic E-state index is 0.154. The standard InChI is InChI=1S/C6H11N5O2S/c1-2-13-6(12)10-5(14)9-4-7-3-8-11-4/h3-4,11H,2H2,1H3,(H,7,8)(H2,9,10,12,14). The number of rotatable bonds is 2. The molecule has 1 heterocycles. The summed E-state index contributed by atoms with van der Waals surface area (Å²) in [7, 11) is 0. The number of hydrogen-bond acceptors (Lipinski definition) is 6. The molecule has 7 nitrogen and oxygen atoms in total. The lowest BCUT2D eigenvalue weighted by Gasteiger charge is -2.12. The van der Waals surface area contributed by atoms with Crippen molar-refractivity contribution in [3.05, 3.63) is 0 Å².